The number of hydrogen-bond acceptors (Lipinski definition) is 4. The lowest BCUT2D eigenvalue weighted by Crippen LogP contribution is -2.05. The number of nitrogens with zero attached hydrogens (tertiary/aromatic N) is 4. The molecule has 8 heteroatoms. The molecule has 0 N–H and O–H groups in total. The van der Waals surface area contributed by atoms with Crippen LogP contribution in [0, 0.1) is 0 Å². The third-order valence-electron chi connectivity index (χ3n) is 3.30. The van der Waals surface area contributed by atoms with Gasteiger partial charge in [0.25, 0.3) is 0 Å². The number of tetrazole rings is 1. The van der Waals surface area contributed by atoms with E-state index in [1.165, 1.54) is 17.8 Å². The highest BCUT2D eigenvalue weighted by molar-refractivity contribution is 7.98. The van der Waals surface area contributed by atoms with Crippen molar-refractivity contribution in [2.45, 2.75) is 23.6 Å². The number of aromatic nitrogens is 4. The van der Waals surface area contributed by atoms with E-state index in [0.29, 0.717) is 23.0 Å². The van der Waals surface area contributed by atoms with Crippen LogP contribution in [0.25, 0.3) is 0 Å². The summed E-state index contributed by atoms with van der Waals surface area (Å²) in [5.41, 5.74) is 0.972. The summed E-state index contributed by atoms with van der Waals surface area (Å²) >= 11 is 1.30. The van der Waals surface area contributed by atoms with Crippen molar-refractivity contribution in [3.63, 3.8) is 0 Å². The smallest absolute Gasteiger partial charge is 0.216 e. The van der Waals surface area contributed by atoms with Crippen LogP contribution in [0.5, 0.6) is 0 Å². The molecule has 124 valence electrons. The van der Waals surface area contributed by atoms with Gasteiger partial charge in [-0.3, -0.25) is 0 Å². The highest BCUT2D eigenvalue weighted by Gasteiger charge is 2.30. The largest absolute Gasteiger partial charge is 0.416 e. The molecule has 0 spiro atoms. The van der Waals surface area contributed by atoms with E-state index in [2.05, 4.69) is 15.5 Å². The molecule has 0 fully saturated rings. The molecule has 0 aliphatic carbocycles. The number of alkyl halides is 3. The summed E-state index contributed by atoms with van der Waals surface area (Å²) in [5, 5.41) is 12.1. The second kappa shape index (κ2) is 7.04. The molecule has 2 aromatic carbocycles. The minimum atomic E-state index is -4.34. The van der Waals surface area contributed by atoms with Crippen LogP contribution in [0.1, 0.15) is 16.7 Å². The maximum Gasteiger partial charge on any atom is 0.416 e. The van der Waals surface area contributed by atoms with Crippen LogP contribution in [-0.4, -0.2) is 20.2 Å². The first-order valence-corrected chi connectivity index (χ1v) is 8.10. The van der Waals surface area contributed by atoms with Gasteiger partial charge in [-0.2, -0.15) is 13.2 Å². The van der Waals surface area contributed by atoms with Crippen LogP contribution in [0.3, 0.4) is 0 Å². The Hall–Kier alpha value is -2.35. The summed E-state index contributed by atoms with van der Waals surface area (Å²) in [7, 11) is 0. The Morgan fingerprint density at radius 3 is 2.46 bits per heavy atom. The topological polar surface area (TPSA) is 43.6 Å². The molecule has 0 aliphatic rings. The predicted molar refractivity (Wildman–Crippen MR) is 84.4 cm³/mol. The fourth-order valence-electron chi connectivity index (χ4n) is 2.14. The van der Waals surface area contributed by atoms with Crippen LogP contribution < -0.4 is 0 Å². The van der Waals surface area contributed by atoms with Crippen molar-refractivity contribution < 1.29 is 13.2 Å². The lowest BCUT2D eigenvalue weighted by molar-refractivity contribution is -0.137. The molecule has 0 aliphatic heterocycles. The van der Waals surface area contributed by atoms with Crippen LogP contribution in [0.15, 0.2) is 59.8 Å². The summed E-state index contributed by atoms with van der Waals surface area (Å²) < 4.78 is 39.9. The standard InChI is InChI=1S/C16H13F3N4S/c17-16(18,19)14-8-4-7-13(9-14)11-24-15-20-21-22-23(15)10-12-5-2-1-3-6-12/h1-9H,10-11H2. The van der Waals surface area contributed by atoms with Crippen LogP contribution in [0.4, 0.5) is 13.2 Å². The van der Waals surface area contributed by atoms with Gasteiger partial charge in [0.2, 0.25) is 5.16 Å². The quantitative estimate of drug-likeness (QED) is 0.652. The molecule has 4 nitrogen and oxygen atoms in total. The Morgan fingerprint density at radius 1 is 0.958 bits per heavy atom. The maximum absolute atomic E-state index is 12.7. The van der Waals surface area contributed by atoms with E-state index in [1.807, 2.05) is 30.3 Å². The van der Waals surface area contributed by atoms with E-state index in [-0.39, 0.29) is 0 Å². The molecule has 0 atom stereocenters. The van der Waals surface area contributed by atoms with Crippen molar-refractivity contribution in [3.05, 3.63) is 71.3 Å². The highest BCUT2D eigenvalue weighted by atomic mass is 32.2. The summed E-state index contributed by atoms with van der Waals surface area (Å²) in [5.74, 6) is 0.360. The van der Waals surface area contributed by atoms with E-state index in [4.69, 9.17) is 0 Å². The molecule has 0 amide bonds. The van der Waals surface area contributed by atoms with Crippen molar-refractivity contribution in [2.75, 3.05) is 0 Å². The second-order valence-electron chi connectivity index (χ2n) is 5.09. The van der Waals surface area contributed by atoms with Crippen LogP contribution >= 0.6 is 11.8 Å². The van der Waals surface area contributed by atoms with Gasteiger partial charge in [0, 0.05) is 5.75 Å². The summed E-state index contributed by atoms with van der Waals surface area (Å²) in [6.07, 6.45) is -4.34. The molecule has 3 aromatic rings. The Bertz CT molecular complexity index is 802. The number of halogens is 3. The zero-order valence-electron chi connectivity index (χ0n) is 12.4. The normalized spacial score (nSPS) is 11.6. The third-order valence-corrected chi connectivity index (χ3v) is 4.32. The number of thioether (sulfide) groups is 1. The highest BCUT2D eigenvalue weighted by Crippen LogP contribution is 2.30. The average Bonchev–Trinajstić information content (AvgIpc) is 3.00. The van der Waals surface area contributed by atoms with Crippen molar-refractivity contribution in [2.24, 2.45) is 0 Å². The van der Waals surface area contributed by atoms with Crippen LogP contribution in [0.2, 0.25) is 0 Å². The van der Waals surface area contributed by atoms with Crippen molar-refractivity contribution in [1.29, 1.82) is 0 Å². The molecule has 1 heterocycles. The summed E-state index contributed by atoms with van der Waals surface area (Å²) in [6, 6.07) is 15.0. The van der Waals surface area contributed by atoms with E-state index < -0.39 is 11.7 Å². The molecule has 0 bridgehead atoms. The zero-order valence-corrected chi connectivity index (χ0v) is 13.3. The number of rotatable bonds is 5. The number of benzene rings is 2. The molecule has 1 aromatic heterocycles. The Labute approximate surface area is 140 Å². The molecule has 24 heavy (non-hydrogen) atoms. The van der Waals surface area contributed by atoms with Gasteiger partial charge in [0.05, 0.1) is 12.1 Å². The summed E-state index contributed by atoms with van der Waals surface area (Å²) in [6.45, 7) is 0.513. The zero-order chi connectivity index (χ0) is 17.0. The molecule has 0 saturated carbocycles. The fourth-order valence-corrected chi connectivity index (χ4v) is 2.96. The van der Waals surface area contributed by atoms with Gasteiger partial charge in [-0.15, -0.1) is 5.10 Å². The van der Waals surface area contributed by atoms with E-state index >= 15 is 0 Å². The monoisotopic (exact) mass is 350 g/mol. The lowest BCUT2D eigenvalue weighted by Gasteiger charge is -2.08. The van der Waals surface area contributed by atoms with Gasteiger partial charge in [-0.05, 0) is 27.6 Å². The first-order valence-electron chi connectivity index (χ1n) is 7.11. The molecule has 0 saturated heterocycles. The molecule has 3 rings (SSSR count). The minimum Gasteiger partial charge on any atom is -0.216 e. The van der Waals surface area contributed by atoms with Gasteiger partial charge in [0.1, 0.15) is 0 Å². The SMILES string of the molecule is FC(F)(F)c1cccc(CSc2nnnn2Cc2ccccc2)c1. The lowest BCUT2D eigenvalue weighted by atomic mass is 10.1. The van der Waals surface area contributed by atoms with Gasteiger partial charge in [-0.1, -0.05) is 60.3 Å². The predicted octanol–water partition coefficient (Wildman–Crippen LogP) is 4.03. The van der Waals surface area contributed by atoms with Gasteiger partial charge >= 0.3 is 6.18 Å². The Morgan fingerprint density at radius 2 is 1.71 bits per heavy atom. The maximum atomic E-state index is 12.7. The van der Waals surface area contributed by atoms with Crippen molar-refractivity contribution in [1.82, 2.24) is 20.2 Å². The third kappa shape index (κ3) is 4.14. The second-order valence-corrected chi connectivity index (χ2v) is 6.03. The van der Waals surface area contributed by atoms with E-state index in [0.717, 1.165) is 17.7 Å². The Kier molecular flexibility index (Phi) is 4.84. The summed E-state index contributed by atoms with van der Waals surface area (Å²) in [4.78, 5) is 0. The van der Waals surface area contributed by atoms with Gasteiger partial charge in [0.15, 0.2) is 0 Å². The average molecular weight is 350 g/mol. The van der Waals surface area contributed by atoms with Gasteiger partial charge < -0.3 is 0 Å². The molecular formula is C16H13F3N4S. The van der Waals surface area contributed by atoms with Crippen LogP contribution in [-0.2, 0) is 18.5 Å². The molecule has 0 unspecified atom stereocenters. The number of hydrogen-bond donors (Lipinski definition) is 0. The van der Waals surface area contributed by atoms with Crippen molar-refractivity contribution in [3.8, 4) is 0 Å². The van der Waals surface area contributed by atoms with Gasteiger partial charge in [-0.25, -0.2) is 4.68 Å². The molecular weight excluding hydrogens is 337 g/mol. The first-order chi connectivity index (χ1) is 11.5. The van der Waals surface area contributed by atoms with E-state index in [1.54, 1.807) is 10.7 Å². The minimum absolute atomic E-state index is 0.360. The molecule has 0 radical (unpaired) electrons. The van der Waals surface area contributed by atoms with E-state index in [9.17, 15) is 13.2 Å². The fraction of sp³-hybridized carbons (Fsp3) is 0.188. The van der Waals surface area contributed by atoms with Crippen molar-refractivity contribution >= 4 is 11.8 Å². The Balaban J connectivity index is 1.69. The first kappa shape index (κ1) is 16.5.